The fourth-order valence-corrected chi connectivity index (χ4v) is 2.65. The fourth-order valence-electron chi connectivity index (χ4n) is 1.45. The van der Waals surface area contributed by atoms with Gasteiger partial charge in [0.25, 0.3) is 5.69 Å². The van der Waals surface area contributed by atoms with Crippen LogP contribution in [0.5, 0.6) is 0 Å². The first-order valence-corrected chi connectivity index (χ1v) is 6.53. The molecular weight excluding hydrogens is 276 g/mol. The Morgan fingerprint density at radius 1 is 1.47 bits per heavy atom. The van der Waals surface area contributed by atoms with Gasteiger partial charge in [-0.2, -0.15) is 4.31 Å². The summed E-state index contributed by atoms with van der Waals surface area (Å²) >= 11 is 0. The molecule has 0 aliphatic rings. The summed E-state index contributed by atoms with van der Waals surface area (Å²) in [5.74, 6) is -1.29. The van der Waals surface area contributed by atoms with Crippen molar-refractivity contribution in [3.05, 3.63) is 33.9 Å². The number of aliphatic carboxylic acids is 1. The number of benzene rings is 1. The Morgan fingerprint density at radius 3 is 2.47 bits per heavy atom. The van der Waals surface area contributed by atoms with E-state index in [1.54, 1.807) is 0 Å². The summed E-state index contributed by atoms with van der Waals surface area (Å²) in [6, 6.07) is 3.31. The number of carboxylic acids is 1. The molecule has 1 rings (SSSR count). The van der Waals surface area contributed by atoms with Gasteiger partial charge in [-0.1, -0.05) is 0 Å². The highest BCUT2D eigenvalue weighted by Gasteiger charge is 2.24. The number of hydrogen-bond donors (Lipinski definition) is 1. The quantitative estimate of drug-likeness (QED) is 0.626. The third kappa shape index (κ3) is 3.26. The van der Waals surface area contributed by atoms with Crippen molar-refractivity contribution >= 4 is 21.7 Å². The lowest BCUT2D eigenvalue weighted by molar-refractivity contribution is -0.385. The highest BCUT2D eigenvalue weighted by Crippen LogP contribution is 2.23. The van der Waals surface area contributed by atoms with Crippen molar-refractivity contribution in [2.24, 2.45) is 0 Å². The van der Waals surface area contributed by atoms with Crippen LogP contribution in [0.25, 0.3) is 0 Å². The molecule has 0 aliphatic carbocycles. The van der Waals surface area contributed by atoms with E-state index in [0.717, 1.165) is 25.2 Å². The molecule has 1 aromatic carbocycles. The Balaban J connectivity index is 3.20. The molecule has 0 aliphatic heterocycles. The lowest BCUT2D eigenvalue weighted by atomic mass is 10.2. The molecule has 0 unspecified atom stereocenters. The van der Waals surface area contributed by atoms with Crippen molar-refractivity contribution in [3.8, 4) is 0 Å². The van der Waals surface area contributed by atoms with Crippen LogP contribution in [0.3, 0.4) is 0 Å². The fraction of sp³-hybridized carbons (Fsp3) is 0.300. The van der Waals surface area contributed by atoms with Crippen LogP contribution in [-0.4, -0.2) is 42.3 Å². The molecule has 0 saturated heterocycles. The summed E-state index contributed by atoms with van der Waals surface area (Å²) in [5, 5.41) is 19.2. The molecule has 0 radical (unpaired) electrons. The van der Waals surface area contributed by atoms with E-state index in [2.05, 4.69) is 0 Å². The summed E-state index contributed by atoms with van der Waals surface area (Å²) in [7, 11) is -2.84. The third-order valence-corrected chi connectivity index (χ3v) is 4.23. The SMILES string of the molecule is Cc1cc(S(=O)(=O)N(C)CC(=O)O)ccc1[N+](=O)[O-]. The number of hydrogen-bond acceptors (Lipinski definition) is 5. The van der Waals surface area contributed by atoms with Gasteiger partial charge in [-0.25, -0.2) is 8.42 Å². The number of nitrogens with zero attached hydrogens (tertiary/aromatic N) is 2. The number of carbonyl (C=O) groups is 1. The van der Waals surface area contributed by atoms with Gasteiger partial charge >= 0.3 is 5.97 Å². The standard InChI is InChI=1S/C10H12N2O6S/c1-7-5-8(3-4-9(7)12(15)16)19(17,18)11(2)6-10(13)14/h3-5H,6H2,1-2H3,(H,13,14). The van der Waals surface area contributed by atoms with E-state index in [0.29, 0.717) is 4.31 Å². The van der Waals surface area contributed by atoms with Gasteiger partial charge in [-0.15, -0.1) is 0 Å². The highest BCUT2D eigenvalue weighted by atomic mass is 32.2. The van der Waals surface area contributed by atoms with Crippen LogP contribution in [0.4, 0.5) is 5.69 Å². The maximum atomic E-state index is 12.0. The molecule has 9 heteroatoms. The lowest BCUT2D eigenvalue weighted by Crippen LogP contribution is -2.32. The van der Waals surface area contributed by atoms with E-state index in [1.807, 2.05) is 0 Å². The van der Waals surface area contributed by atoms with Gasteiger partial charge in [0.15, 0.2) is 0 Å². The van der Waals surface area contributed by atoms with Gasteiger partial charge in [-0.3, -0.25) is 14.9 Å². The van der Waals surface area contributed by atoms with E-state index < -0.39 is 27.5 Å². The number of likely N-dealkylation sites (N-methyl/N-ethyl adjacent to an activating group) is 1. The first-order valence-electron chi connectivity index (χ1n) is 5.09. The number of nitro groups is 1. The van der Waals surface area contributed by atoms with Crippen LogP contribution < -0.4 is 0 Å². The van der Waals surface area contributed by atoms with E-state index in [-0.39, 0.29) is 16.1 Å². The predicted octanol–water partition coefficient (Wildman–Crippen LogP) is 0.608. The largest absolute Gasteiger partial charge is 0.480 e. The van der Waals surface area contributed by atoms with Crippen LogP contribution in [0.1, 0.15) is 5.56 Å². The molecule has 1 N–H and O–H groups in total. The molecule has 0 atom stereocenters. The smallest absolute Gasteiger partial charge is 0.318 e. The third-order valence-electron chi connectivity index (χ3n) is 2.43. The number of rotatable bonds is 5. The van der Waals surface area contributed by atoms with Gasteiger partial charge in [0.1, 0.15) is 6.54 Å². The Bertz CT molecular complexity index is 625. The molecule has 8 nitrogen and oxygen atoms in total. The van der Waals surface area contributed by atoms with Crippen molar-refractivity contribution in [1.29, 1.82) is 0 Å². The van der Waals surface area contributed by atoms with E-state index in [4.69, 9.17) is 5.11 Å². The maximum Gasteiger partial charge on any atom is 0.318 e. The molecule has 0 spiro atoms. The normalized spacial score (nSPS) is 11.5. The van der Waals surface area contributed by atoms with E-state index >= 15 is 0 Å². The molecule has 104 valence electrons. The molecule has 0 bridgehead atoms. The van der Waals surface area contributed by atoms with Crippen LogP contribution in [0.15, 0.2) is 23.1 Å². The topological polar surface area (TPSA) is 118 Å². The second kappa shape index (κ2) is 5.33. The first kappa shape index (κ1) is 15.1. The molecule has 0 fully saturated rings. The monoisotopic (exact) mass is 288 g/mol. The molecule has 0 amide bonds. The number of sulfonamides is 1. The van der Waals surface area contributed by atoms with Gasteiger partial charge in [0, 0.05) is 18.7 Å². The minimum Gasteiger partial charge on any atom is -0.480 e. The molecule has 0 saturated carbocycles. The average Bonchev–Trinajstić information content (AvgIpc) is 2.27. The first-order chi connectivity index (χ1) is 8.66. The Labute approximate surface area is 109 Å². The Morgan fingerprint density at radius 2 is 2.05 bits per heavy atom. The van der Waals surface area contributed by atoms with E-state index in [9.17, 15) is 23.3 Å². The van der Waals surface area contributed by atoms with Crippen LogP contribution >= 0.6 is 0 Å². The van der Waals surface area contributed by atoms with Crippen molar-refractivity contribution in [1.82, 2.24) is 4.31 Å². The molecular formula is C10H12N2O6S. The average molecular weight is 288 g/mol. The minimum atomic E-state index is -3.97. The lowest BCUT2D eigenvalue weighted by Gasteiger charge is -2.15. The zero-order valence-electron chi connectivity index (χ0n) is 10.2. The van der Waals surface area contributed by atoms with Crippen molar-refractivity contribution in [2.75, 3.05) is 13.6 Å². The zero-order valence-corrected chi connectivity index (χ0v) is 11.0. The van der Waals surface area contributed by atoms with Crippen molar-refractivity contribution in [3.63, 3.8) is 0 Å². The molecule has 1 aromatic rings. The second-order valence-electron chi connectivity index (χ2n) is 3.86. The summed E-state index contributed by atoms with van der Waals surface area (Å²) < 4.78 is 24.7. The predicted molar refractivity (Wildman–Crippen MR) is 65.3 cm³/mol. The van der Waals surface area contributed by atoms with Crippen LogP contribution in [0.2, 0.25) is 0 Å². The minimum absolute atomic E-state index is 0.181. The number of nitro benzene ring substituents is 1. The van der Waals surface area contributed by atoms with Gasteiger partial charge in [0.2, 0.25) is 10.0 Å². The molecule has 0 heterocycles. The van der Waals surface area contributed by atoms with Gasteiger partial charge in [-0.05, 0) is 19.1 Å². The van der Waals surface area contributed by atoms with E-state index in [1.165, 1.54) is 6.92 Å². The van der Waals surface area contributed by atoms with Crippen molar-refractivity contribution in [2.45, 2.75) is 11.8 Å². The summed E-state index contributed by atoms with van der Waals surface area (Å²) in [4.78, 5) is 20.3. The van der Waals surface area contributed by atoms with Crippen LogP contribution in [-0.2, 0) is 14.8 Å². The maximum absolute atomic E-state index is 12.0. The Hall–Kier alpha value is -2.00. The summed E-state index contributed by atoms with van der Waals surface area (Å²) in [5.41, 5.74) is -0.00497. The highest BCUT2D eigenvalue weighted by molar-refractivity contribution is 7.89. The molecule has 19 heavy (non-hydrogen) atoms. The zero-order chi connectivity index (χ0) is 14.8. The Kier molecular flexibility index (Phi) is 4.22. The molecule has 0 aromatic heterocycles. The number of carboxylic acid groups (broad SMARTS) is 1. The van der Waals surface area contributed by atoms with Gasteiger partial charge in [0.05, 0.1) is 9.82 Å². The summed E-state index contributed by atoms with van der Waals surface area (Å²) in [6.07, 6.45) is 0. The second-order valence-corrected chi connectivity index (χ2v) is 5.91. The van der Waals surface area contributed by atoms with Crippen molar-refractivity contribution < 1.29 is 23.2 Å². The van der Waals surface area contributed by atoms with Crippen LogP contribution in [0, 0.1) is 17.0 Å². The number of aryl methyl sites for hydroxylation is 1. The van der Waals surface area contributed by atoms with Gasteiger partial charge < -0.3 is 5.11 Å². The summed E-state index contributed by atoms with van der Waals surface area (Å²) in [6.45, 7) is 0.729.